The van der Waals surface area contributed by atoms with Crippen LogP contribution in [0.3, 0.4) is 0 Å². The molecule has 6 heteroatoms. The molecule has 0 spiro atoms. The van der Waals surface area contributed by atoms with Gasteiger partial charge in [0.25, 0.3) is 0 Å². The maximum Gasteiger partial charge on any atom is 0.417 e. The van der Waals surface area contributed by atoms with E-state index in [1.54, 1.807) is 6.07 Å². The zero-order chi connectivity index (χ0) is 15.0. The minimum absolute atomic E-state index is 0.0444. The van der Waals surface area contributed by atoms with Crippen molar-refractivity contribution in [3.8, 4) is 0 Å². The maximum absolute atomic E-state index is 12.8. The molecule has 0 amide bonds. The van der Waals surface area contributed by atoms with Gasteiger partial charge in [-0.25, -0.2) is 0 Å². The Kier molecular flexibility index (Phi) is 4.35. The molecular formula is C14H17BrF3NO. The molecule has 1 aliphatic heterocycles. The Balaban J connectivity index is 2.01. The van der Waals surface area contributed by atoms with Crippen molar-refractivity contribution in [3.63, 3.8) is 0 Å². The molecule has 0 aliphatic carbocycles. The van der Waals surface area contributed by atoms with E-state index in [0.717, 1.165) is 18.9 Å². The van der Waals surface area contributed by atoms with Gasteiger partial charge in [0.05, 0.1) is 17.3 Å². The number of anilines is 1. The summed E-state index contributed by atoms with van der Waals surface area (Å²) in [7, 11) is 0. The second-order valence-corrected chi connectivity index (χ2v) is 6.47. The van der Waals surface area contributed by atoms with Crippen LogP contribution in [0.1, 0.15) is 32.3 Å². The first-order chi connectivity index (χ1) is 9.17. The molecular weight excluding hydrogens is 335 g/mol. The summed E-state index contributed by atoms with van der Waals surface area (Å²) in [6.07, 6.45) is -2.43. The minimum atomic E-state index is -4.36. The smallest absolute Gasteiger partial charge is 0.382 e. The Morgan fingerprint density at radius 2 is 2.10 bits per heavy atom. The van der Waals surface area contributed by atoms with Gasteiger partial charge in [0, 0.05) is 16.7 Å². The normalized spacial score (nSPS) is 22.0. The molecule has 0 aromatic heterocycles. The van der Waals surface area contributed by atoms with Gasteiger partial charge in [-0.05, 0) is 44.9 Å². The number of alkyl halides is 3. The third kappa shape index (κ3) is 3.88. The second-order valence-electron chi connectivity index (χ2n) is 5.61. The lowest BCUT2D eigenvalue weighted by molar-refractivity contribution is -0.138. The molecule has 1 aliphatic rings. The summed E-state index contributed by atoms with van der Waals surface area (Å²) in [6, 6.07) is 4.15. The zero-order valence-corrected chi connectivity index (χ0v) is 12.9. The first-order valence-corrected chi connectivity index (χ1v) is 7.25. The SMILES string of the molecule is CC1(C)CCC(CNc2ccc(Br)c(C(F)(F)F)c2)O1. The van der Waals surface area contributed by atoms with Crippen molar-refractivity contribution in [2.24, 2.45) is 0 Å². The van der Waals surface area contributed by atoms with Crippen LogP contribution in [-0.2, 0) is 10.9 Å². The van der Waals surface area contributed by atoms with Crippen LogP contribution >= 0.6 is 15.9 Å². The molecule has 2 rings (SSSR count). The summed E-state index contributed by atoms with van der Waals surface area (Å²) in [6.45, 7) is 4.56. The Bertz CT molecular complexity index is 488. The maximum atomic E-state index is 12.8. The third-order valence-electron chi connectivity index (χ3n) is 3.36. The Labute approximate surface area is 124 Å². The number of nitrogens with one attached hydrogen (secondary N) is 1. The van der Waals surface area contributed by atoms with Gasteiger partial charge in [0.15, 0.2) is 0 Å². The van der Waals surface area contributed by atoms with Crippen molar-refractivity contribution >= 4 is 21.6 Å². The molecule has 0 radical (unpaired) electrons. The first-order valence-electron chi connectivity index (χ1n) is 6.46. The highest BCUT2D eigenvalue weighted by molar-refractivity contribution is 9.10. The van der Waals surface area contributed by atoms with Crippen LogP contribution in [0.5, 0.6) is 0 Å². The average molecular weight is 352 g/mol. The molecule has 1 N–H and O–H groups in total. The standard InChI is InChI=1S/C14H17BrF3NO/c1-13(2)6-5-10(20-13)8-19-9-3-4-12(15)11(7-9)14(16,17)18/h3-4,7,10,19H,5-6,8H2,1-2H3. The molecule has 1 aromatic carbocycles. The quantitative estimate of drug-likeness (QED) is 0.841. The van der Waals surface area contributed by atoms with E-state index in [-0.39, 0.29) is 16.2 Å². The monoisotopic (exact) mass is 351 g/mol. The van der Waals surface area contributed by atoms with Gasteiger partial charge in [0.1, 0.15) is 0 Å². The Morgan fingerprint density at radius 3 is 2.65 bits per heavy atom. The fourth-order valence-electron chi connectivity index (χ4n) is 2.31. The molecule has 2 nitrogen and oxygen atoms in total. The third-order valence-corrected chi connectivity index (χ3v) is 4.05. The van der Waals surface area contributed by atoms with Crippen LogP contribution in [0.15, 0.2) is 22.7 Å². The molecule has 1 saturated heterocycles. The summed E-state index contributed by atoms with van der Waals surface area (Å²) in [4.78, 5) is 0. The van der Waals surface area contributed by atoms with Gasteiger partial charge in [-0.3, -0.25) is 0 Å². The summed E-state index contributed by atoms with van der Waals surface area (Å²) in [5, 5.41) is 3.02. The van der Waals surface area contributed by atoms with Gasteiger partial charge in [-0.1, -0.05) is 15.9 Å². The number of halogens is 4. The molecule has 1 unspecified atom stereocenters. The van der Waals surface area contributed by atoms with Gasteiger partial charge in [-0.2, -0.15) is 13.2 Å². The van der Waals surface area contributed by atoms with Gasteiger partial charge >= 0.3 is 6.18 Å². The highest BCUT2D eigenvalue weighted by Gasteiger charge is 2.34. The minimum Gasteiger partial charge on any atom is -0.382 e. The van der Waals surface area contributed by atoms with Crippen LogP contribution in [0.4, 0.5) is 18.9 Å². The molecule has 1 atom stereocenters. The van der Waals surface area contributed by atoms with Crippen LogP contribution in [0, 0.1) is 0 Å². The van der Waals surface area contributed by atoms with Crippen molar-refractivity contribution in [1.29, 1.82) is 0 Å². The van der Waals surface area contributed by atoms with Crippen LogP contribution in [-0.4, -0.2) is 18.2 Å². The van der Waals surface area contributed by atoms with E-state index in [2.05, 4.69) is 21.2 Å². The molecule has 112 valence electrons. The van der Waals surface area contributed by atoms with Gasteiger partial charge < -0.3 is 10.1 Å². The lowest BCUT2D eigenvalue weighted by Crippen LogP contribution is -2.24. The van der Waals surface area contributed by atoms with E-state index < -0.39 is 11.7 Å². The van der Waals surface area contributed by atoms with E-state index in [9.17, 15) is 13.2 Å². The summed E-state index contributed by atoms with van der Waals surface area (Å²) < 4.78 is 44.2. The lowest BCUT2D eigenvalue weighted by Gasteiger charge is -2.20. The highest BCUT2D eigenvalue weighted by Crippen LogP contribution is 2.36. The summed E-state index contributed by atoms with van der Waals surface area (Å²) in [5.41, 5.74) is -0.354. The molecule has 20 heavy (non-hydrogen) atoms. The predicted octanol–water partition coefficient (Wildman–Crippen LogP) is 4.84. The number of hydrogen-bond acceptors (Lipinski definition) is 2. The van der Waals surface area contributed by atoms with E-state index in [0.29, 0.717) is 12.2 Å². The van der Waals surface area contributed by atoms with Crippen LogP contribution < -0.4 is 5.32 Å². The molecule has 0 saturated carbocycles. The van der Waals surface area contributed by atoms with Crippen molar-refractivity contribution in [2.75, 3.05) is 11.9 Å². The average Bonchev–Trinajstić information content (AvgIpc) is 2.66. The van der Waals surface area contributed by atoms with Crippen LogP contribution in [0.2, 0.25) is 0 Å². The van der Waals surface area contributed by atoms with E-state index in [1.165, 1.54) is 6.07 Å². The first kappa shape index (κ1) is 15.6. The lowest BCUT2D eigenvalue weighted by atomic mass is 10.1. The van der Waals surface area contributed by atoms with E-state index in [4.69, 9.17) is 4.74 Å². The Morgan fingerprint density at radius 1 is 1.40 bits per heavy atom. The highest BCUT2D eigenvalue weighted by atomic mass is 79.9. The number of ether oxygens (including phenoxy) is 1. The second kappa shape index (κ2) is 5.56. The number of rotatable bonds is 3. The molecule has 1 aromatic rings. The van der Waals surface area contributed by atoms with E-state index >= 15 is 0 Å². The zero-order valence-electron chi connectivity index (χ0n) is 11.4. The number of benzene rings is 1. The summed E-state index contributed by atoms with van der Waals surface area (Å²) >= 11 is 2.93. The predicted molar refractivity (Wildman–Crippen MR) is 75.8 cm³/mol. The fourth-order valence-corrected chi connectivity index (χ4v) is 2.78. The van der Waals surface area contributed by atoms with Gasteiger partial charge in [0.2, 0.25) is 0 Å². The molecule has 0 bridgehead atoms. The van der Waals surface area contributed by atoms with Crippen molar-refractivity contribution < 1.29 is 17.9 Å². The van der Waals surface area contributed by atoms with Crippen molar-refractivity contribution in [1.82, 2.24) is 0 Å². The number of hydrogen-bond donors (Lipinski definition) is 1. The largest absolute Gasteiger partial charge is 0.417 e. The molecule has 1 heterocycles. The summed E-state index contributed by atoms with van der Waals surface area (Å²) in [5.74, 6) is 0. The van der Waals surface area contributed by atoms with Crippen LogP contribution in [0.25, 0.3) is 0 Å². The van der Waals surface area contributed by atoms with Crippen molar-refractivity contribution in [2.45, 2.75) is 44.6 Å². The fraction of sp³-hybridized carbons (Fsp3) is 0.571. The van der Waals surface area contributed by atoms with E-state index in [1.807, 2.05) is 13.8 Å². The topological polar surface area (TPSA) is 21.3 Å². The Hall–Kier alpha value is -0.750. The van der Waals surface area contributed by atoms with Crippen molar-refractivity contribution in [3.05, 3.63) is 28.2 Å². The van der Waals surface area contributed by atoms with Gasteiger partial charge in [-0.15, -0.1) is 0 Å². The molecule has 1 fully saturated rings.